The molecule has 1 fully saturated rings. The fourth-order valence-corrected chi connectivity index (χ4v) is 2.50. The zero-order valence-electron chi connectivity index (χ0n) is 11.4. The van der Waals surface area contributed by atoms with E-state index in [1.165, 1.54) is 6.92 Å². The van der Waals surface area contributed by atoms with Crippen LogP contribution < -0.4 is 10.2 Å². The number of carbonyl (C=O) groups excluding carboxylic acids is 1. The van der Waals surface area contributed by atoms with Crippen molar-refractivity contribution in [3.8, 4) is 0 Å². The number of nitrogens with one attached hydrogen (secondary N) is 1. The maximum atomic E-state index is 11.0. The Balaban J connectivity index is 1.68. The fraction of sp³-hybridized carbons (Fsp3) is 0.357. The van der Waals surface area contributed by atoms with Gasteiger partial charge in [0.05, 0.1) is 6.04 Å². The molecule has 0 saturated carbocycles. The van der Waals surface area contributed by atoms with E-state index in [0.717, 1.165) is 25.3 Å². The van der Waals surface area contributed by atoms with Crippen molar-refractivity contribution in [1.29, 1.82) is 0 Å². The number of carbonyl (C=O) groups is 1. The van der Waals surface area contributed by atoms with Crippen molar-refractivity contribution in [2.75, 3.05) is 23.3 Å². The number of anilines is 2. The van der Waals surface area contributed by atoms with Crippen LogP contribution in [0.5, 0.6) is 0 Å². The third-order valence-electron chi connectivity index (χ3n) is 3.42. The molecule has 1 atom stereocenters. The Kier molecular flexibility index (Phi) is 3.37. The minimum Gasteiger partial charge on any atom is -0.354 e. The Labute approximate surface area is 117 Å². The van der Waals surface area contributed by atoms with E-state index in [1.807, 2.05) is 41.3 Å². The molecular weight excluding hydrogens is 254 g/mol. The monoisotopic (exact) mass is 271 g/mol. The second-order valence-corrected chi connectivity index (χ2v) is 4.94. The first-order valence-corrected chi connectivity index (χ1v) is 6.71. The summed E-state index contributed by atoms with van der Waals surface area (Å²) < 4.78 is 1.92. The predicted octanol–water partition coefficient (Wildman–Crippen LogP) is 1.69. The second-order valence-electron chi connectivity index (χ2n) is 4.94. The molecule has 1 N–H and O–H groups in total. The van der Waals surface area contributed by atoms with Crippen molar-refractivity contribution >= 4 is 17.5 Å². The van der Waals surface area contributed by atoms with Crippen molar-refractivity contribution in [1.82, 2.24) is 14.8 Å². The molecule has 0 aliphatic carbocycles. The van der Waals surface area contributed by atoms with Gasteiger partial charge in [-0.1, -0.05) is 6.07 Å². The Morgan fingerprint density at radius 3 is 3.05 bits per heavy atom. The van der Waals surface area contributed by atoms with Gasteiger partial charge in [-0.05, 0) is 18.6 Å². The van der Waals surface area contributed by atoms with Crippen LogP contribution in [0.4, 0.5) is 11.6 Å². The molecule has 2 aromatic rings. The van der Waals surface area contributed by atoms with E-state index in [9.17, 15) is 4.79 Å². The fourth-order valence-electron chi connectivity index (χ4n) is 2.50. The maximum absolute atomic E-state index is 11.0. The van der Waals surface area contributed by atoms with E-state index in [4.69, 9.17) is 0 Å². The first kappa shape index (κ1) is 12.7. The Bertz CT molecular complexity index is 595. The van der Waals surface area contributed by atoms with Gasteiger partial charge in [0.1, 0.15) is 5.82 Å². The molecule has 0 radical (unpaired) electrons. The van der Waals surface area contributed by atoms with Crippen LogP contribution >= 0.6 is 0 Å². The van der Waals surface area contributed by atoms with Crippen molar-refractivity contribution in [3.63, 3.8) is 0 Å². The molecule has 1 amide bonds. The van der Waals surface area contributed by atoms with E-state index < -0.39 is 0 Å². The molecule has 0 bridgehead atoms. The third-order valence-corrected chi connectivity index (χ3v) is 3.42. The van der Waals surface area contributed by atoms with Gasteiger partial charge in [-0.15, -0.1) is 0 Å². The summed E-state index contributed by atoms with van der Waals surface area (Å²) >= 11 is 0. The summed E-state index contributed by atoms with van der Waals surface area (Å²) in [6, 6.07) is 8.08. The summed E-state index contributed by atoms with van der Waals surface area (Å²) in [4.78, 5) is 17.6. The molecule has 1 saturated heterocycles. The molecule has 3 heterocycles. The summed E-state index contributed by atoms with van der Waals surface area (Å²) in [5.74, 6) is 1.51. The number of amides is 1. The second kappa shape index (κ2) is 5.32. The number of hydrogen-bond donors (Lipinski definition) is 1. The highest BCUT2D eigenvalue weighted by molar-refractivity contribution is 5.87. The van der Waals surface area contributed by atoms with E-state index in [1.54, 1.807) is 0 Å². The minimum atomic E-state index is -0.100. The van der Waals surface area contributed by atoms with Gasteiger partial charge in [0, 0.05) is 38.5 Å². The highest BCUT2D eigenvalue weighted by Crippen LogP contribution is 2.25. The number of pyridine rings is 1. The molecule has 1 aliphatic heterocycles. The first-order chi connectivity index (χ1) is 9.72. The predicted molar refractivity (Wildman–Crippen MR) is 76.6 cm³/mol. The molecule has 20 heavy (non-hydrogen) atoms. The lowest BCUT2D eigenvalue weighted by molar-refractivity contribution is -0.114. The van der Waals surface area contributed by atoms with Gasteiger partial charge >= 0.3 is 0 Å². The topological polar surface area (TPSA) is 63.1 Å². The third kappa shape index (κ3) is 2.64. The van der Waals surface area contributed by atoms with Gasteiger partial charge < -0.3 is 10.2 Å². The molecule has 3 rings (SSSR count). The standard InChI is InChI=1S/C14H17N5O/c1-11(20)16-13-6-9-19(17-13)12-5-8-18(10-12)14-4-2-3-7-15-14/h2-4,6-7,9,12H,5,8,10H2,1H3,(H,16,17,20). The van der Waals surface area contributed by atoms with Crippen LogP contribution in [-0.4, -0.2) is 33.8 Å². The van der Waals surface area contributed by atoms with Crippen LogP contribution in [0.3, 0.4) is 0 Å². The molecule has 0 spiro atoms. The molecule has 2 aromatic heterocycles. The average Bonchev–Trinajstić information content (AvgIpc) is 3.07. The molecule has 104 valence electrons. The van der Waals surface area contributed by atoms with E-state index in [-0.39, 0.29) is 5.91 Å². The van der Waals surface area contributed by atoms with Gasteiger partial charge in [0.15, 0.2) is 5.82 Å². The van der Waals surface area contributed by atoms with Crippen LogP contribution in [0.25, 0.3) is 0 Å². The van der Waals surface area contributed by atoms with Crippen LogP contribution in [0.2, 0.25) is 0 Å². The van der Waals surface area contributed by atoms with Gasteiger partial charge in [-0.25, -0.2) is 4.98 Å². The summed E-state index contributed by atoms with van der Waals surface area (Å²) in [7, 11) is 0. The molecule has 6 heteroatoms. The Morgan fingerprint density at radius 1 is 1.40 bits per heavy atom. The van der Waals surface area contributed by atoms with Crippen LogP contribution in [0.15, 0.2) is 36.7 Å². The lowest BCUT2D eigenvalue weighted by Crippen LogP contribution is -2.22. The molecule has 1 aliphatic rings. The van der Waals surface area contributed by atoms with Gasteiger partial charge in [-0.2, -0.15) is 5.10 Å². The van der Waals surface area contributed by atoms with Crippen LogP contribution in [0, 0.1) is 0 Å². The average molecular weight is 271 g/mol. The van der Waals surface area contributed by atoms with E-state index in [2.05, 4.69) is 20.3 Å². The molecule has 1 unspecified atom stereocenters. The zero-order chi connectivity index (χ0) is 13.9. The summed E-state index contributed by atoms with van der Waals surface area (Å²) in [6.45, 7) is 3.34. The van der Waals surface area contributed by atoms with Gasteiger partial charge in [0.25, 0.3) is 0 Å². The molecule has 6 nitrogen and oxygen atoms in total. The highest BCUT2D eigenvalue weighted by atomic mass is 16.1. The lowest BCUT2D eigenvalue weighted by atomic mass is 10.3. The highest BCUT2D eigenvalue weighted by Gasteiger charge is 2.25. The smallest absolute Gasteiger partial charge is 0.222 e. The molecular formula is C14H17N5O. The summed E-state index contributed by atoms with van der Waals surface area (Å²) in [5.41, 5.74) is 0. The van der Waals surface area contributed by atoms with Crippen molar-refractivity contribution in [2.24, 2.45) is 0 Å². The zero-order valence-corrected chi connectivity index (χ0v) is 11.4. The maximum Gasteiger partial charge on any atom is 0.222 e. The van der Waals surface area contributed by atoms with Crippen LogP contribution in [-0.2, 0) is 4.79 Å². The van der Waals surface area contributed by atoms with Gasteiger partial charge in [0.2, 0.25) is 5.91 Å². The summed E-state index contributed by atoms with van der Waals surface area (Å²) in [6.07, 6.45) is 4.75. The van der Waals surface area contributed by atoms with Crippen molar-refractivity contribution in [2.45, 2.75) is 19.4 Å². The van der Waals surface area contributed by atoms with Gasteiger partial charge in [-0.3, -0.25) is 9.48 Å². The SMILES string of the molecule is CC(=O)Nc1ccn(C2CCN(c3ccccn3)C2)n1. The number of hydrogen-bond acceptors (Lipinski definition) is 4. The summed E-state index contributed by atoms with van der Waals surface area (Å²) in [5, 5.41) is 7.09. The lowest BCUT2D eigenvalue weighted by Gasteiger charge is -2.17. The molecule has 0 aromatic carbocycles. The minimum absolute atomic E-state index is 0.100. The quantitative estimate of drug-likeness (QED) is 0.922. The first-order valence-electron chi connectivity index (χ1n) is 6.71. The number of aromatic nitrogens is 3. The largest absolute Gasteiger partial charge is 0.354 e. The number of nitrogens with zero attached hydrogens (tertiary/aromatic N) is 4. The van der Waals surface area contributed by atoms with Crippen molar-refractivity contribution in [3.05, 3.63) is 36.7 Å². The number of rotatable bonds is 3. The van der Waals surface area contributed by atoms with E-state index in [0.29, 0.717) is 11.9 Å². The van der Waals surface area contributed by atoms with Crippen molar-refractivity contribution < 1.29 is 4.79 Å². The Hall–Kier alpha value is -2.37. The van der Waals surface area contributed by atoms with E-state index >= 15 is 0 Å². The Morgan fingerprint density at radius 2 is 2.30 bits per heavy atom. The normalized spacial score (nSPS) is 18.2. The van der Waals surface area contributed by atoms with Crippen LogP contribution in [0.1, 0.15) is 19.4 Å².